The maximum atomic E-state index is 11.4. The molecule has 0 heterocycles. The summed E-state index contributed by atoms with van der Waals surface area (Å²) in [7, 11) is 0. The minimum atomic E-state index is -1.18. The van der Waals surface area contributed by atoms with E-state index < -0.39 is 35.6 Å². The summed E-state index contributed by atoms with van der Waals surface area (Å²) in [4.78, 5) is 45.0. The van der Waals surface area contributed by atoms with Crippen LogP contribution in [0.3, 0.4) is 0 Å². The Hall–Kier alpha value is -1.72. The molecule has 1 saturated carbocycles. The summed E-state index contributed by atoms with van der Waals surface area (Å²) >= 11 is 0. The highest BCUT2D eigenvalue weighted by Gasteiger charge is 2.46. The first-order valence-electron chi connectivity index (χ1n) is 5.72. The molecule has 1 rings (SSSR count). The maximum absolute atomic E-state index is 11.4. The van der Waals surface area contributed by atoms with E-state index in [2.05, 4.69) is 0 Å². The van der Waals surface area contributed by atoms with Gasteiger partial charge in [0.1, 0.15) is 11.6 Å². The number of Topliss-reactive ketones (excluding diaryl/α,β-unsaturated/α-hetero) is 2. The van der Waals surface area contributed by atoms with Crippen LogP contribution in [0, 0.1) is 23.7 Å². The van der Waals surface area contributed by atoms with E-state index in [9.17, 15) is 19.2 Å². The van der Waals surface area contributed by atoms with Gasteiger partial charge < -0.3 is 10.2 Å². The maximum Gasteiger partial charge on any atom is 0.307 e. The topological polar surface area (TPSA) is 109 Å². The Labute approximate surface area is 104 Å². The summed E-state index contributed by atoms with van der Waals surface area (Å²) in [6, 6.07) is 0. The molecule has 6 heteroatoms. The van der Waals surface area contributed by atoms with Crippen molar-refractivity contribution in [3.8, 4) is 0 Å². The van der Waals surface area contributed by atoms with Crippen LogP contribution in [0.15, 0.2) is 0 Å². The second-order valence-corrected chi connectivity index (χ2v) is 4.80. The average Bonchev–Trinajstić information content (AvgIpc) is 2.26. The van der Waals surface area contributed by atoms with Crippen molar-refractivity contribution in [1.82, 2.24) is 0 Å². The van der Waals surface area contributed by atoms with Gasteiger partial charge in [-0.3, -0.25) is 19.2 Å². The Bertz CT molecular complexity index is 325. The molecule has 0 aromatic heterocycles. The van der Waals surface area contributed by atoms with Crippen molar-refractivity contribution in [3.05, 3.63) is 0 Å². The Kier molecular flexibility index (Phi) is 4.21. The molecule has 4 unspecified atom stereocenters. The number of rotatable bonds is 4. The Morgan fingerprint density at radius 2 is 1.00 bits per heavy atom. The van der Waals surface area contributed by atoms with Crippen molar-refractivity contribution in [2.24, 2.45) is 23.7 Å². The molecule has 100 valence electrons. The van der Waals surface area contributed by atoms with E-state index in [-0.39, 0.29) is 24.4 Å². The molecule has 0 aromatic carbocycles. The molecular weight excluding hydrogens is 240 g/mol. The molecular formula is C12H16O6. The summed E-state index contributed by atoms with van der Waals surface area (Å²) in [6.07, 6.45) is -0.155. The summed E-state index contributed by atoms with van der Waals surface area (Å²) < 4.78 is 0. The fourth-order valence-corrected chi connectivity index (χ4v) is 2.65. The predicted octanol–water partition coefficient (Wildman–Crippen LogP) is 0.592. The number of carboxylic acids is 2. The molecule has 1 fully saturated rings. The summed E-state index contributed by atoms with van der Waals surface area (Å²) in [5.74, 6) is -6.54. The van der Waals surface area contributed by atoms with Crippen molar-refractivity contribution in [2.45, 2.75) is 26.7 Å². The van der Waals surface area contributed by atoms with E-state index >= 15 is 0 Å². The van der Waals surface area contributed by atoms with Crippen LogP contribution < -0.4 is 0 Å². The standard InChI is InChI=1S/C12H16O6/c1-5(13)7-3-8(6(2)14)10(12(17)18)4-9(7)11(15)16/h7-10H,3-4H2,1-2H3,(H,15,16)(H,17,18). The predicted molar refractivity (Wildman–Crippen MR) is 59.8 cm³/mol. The average molecular weight is 256 g/mol. The van der Waals surface area contributed by atoms with Crippen LogP contribution in [0.5, 0.6) is 0 Å². The first kappa shape index (κ1) is 14.3. The molecule has 0 aromatic rings. The highest BCUT2D eigenvalue weighted by atomic mass is 16.4. The summed E-state index contributed by atoms with van der Waals surface area (Å²) in [5, 5.41) is 18.1. The van der Waals surface area contributed by atoms with Crippen LogP contribution in [0.25, 0.3) is 0 Å². The van der Waals surface area contributed by atoms with E-state index in [1.165, 1.54) is 13.8 Å². The van der Waals surface area contributed by atoms with Gasteiger partial charge in [0.15, 0.2) is 0 Å². The van der Waals surface area contributed by atoms with Crippen LogP contribution in [-0.4, -0.2) is 33.7 Å². The van der Waals surface area contributed by atoms with E-state index in [1.54, 1.807) is 0 Å². The SMILES string of the molecule is CC(=O)C1CC(C(C)=O)C(C(=O)O)CC1C(=O)O. The quantitative estimate of drug-likeness (QED) is 0.762. The molecule has 0 bridgehead atoms. The molecule has 0 spiro atoms. The molecule has 1 aliphatic carbocycles. The van der Waals surface area contributed by atoms with Gasteiger partial charge in [0.2, 0.25) is 0 Å². The fraction of sp³-hybridized carbons (Fsp3) is 0.667. The Balaban J connectivity index is 3.06. The lowest BCUT2D eigenvalue weighted by Gasteiger charge is -2.35. The van der Waals surface area contributed by atoms with Crippen LogP contribution in [0.4, 0.5) is 0 Å². The molecule has 0 radical (unpaired) electrons. The highest BCUT2D eigenvalue weighted by Crippen LogP contribution is 2.39. The highest BCUT2D eigenvalue weighted by molar-refractivity contribution is 5.89. The van der Waals surface area contributed by atoms with Crippen molar-refractivity contribution in [1.29, 1.82) is 0 Å². The van der Waals surface area contributed by atoms with E-state index in [1.807, 2.05) is 0 Å². The number of hydrogen-bond acceptors (Lipinski definition) is 4. The molecule has 18 heavy (non-hydrogen) atoms. The van der Waals surface area contributed by atoms with Crippen LogP contribution in [0.1, 0.15) is 26.7 Å². The lowest BCUT2D eigenvalue weighted by molar-refractivity contribution is -0.158. The van der Waals surface area contributed by atoms with Gasteiger partial charge >= 0.3 is 11.9 Å². The molecule has 0 saturated heterocycles. The lowest BCUT2D eigenvalue weighted by atomic mass is 9.66. The summed E-state index contributed by atoms with van der Waals surface area (Å²) in [5.41, 5.74) is 0. The van der Waals surface area contributed by atoms with Gasteiger partial charge in [-0.25, -0.2) is 0 Å². The van der Waals surface area contributed by atoms with Gasteiger partial charge in [-0.05, 0) is 26.7 Å². The number of aliphatic carboxylic acids is 2. The van der Waals surface area contributed by atoms with E-state index in [0.717, 1.165) is 0 Å². The Morgan fingerprint density at radius 3 is 1.22 bits per heavy atom. The molecule has 0 amide bonds. The zero-order valence-electron chi connectivity index (χ0n) is 10.3. The van der Waals surface area contributed by atoms with Gasteiger partial charge in [0.05, 0.1) is 11.8 Å². The second-order valence-electron chi connectivity index (χ2n) is 4.80. The normalized spacial score (nSPS) is 31.7. The molecule has 4 atom stereocenters. The fourth-order valence-electron chi connectivity index (χ4n) is 2.65. The largest absolute Gasteiger partial charge is 0.481 e. The number of carbonyl (C=O) groups excluding carboxylic acids is 2. The third-order valence-electron chi connectivity index (χ3n) is 3.67. The lowest BCUT2D eigenvalue weighted by Crippen LogP contribution is -2.44. The number of ketones is 2. The van der Waals surface area contributed by atoms with Crippen LogP contribution in [-0.2, 0) is 19.2 Å². The van der Waals surface area contributed by atoms with Crippen molar-refractivity contribution in [2.75, 3.05) is 0 Å². The Morgan fingerprint density at radius 1 is 0.722 bits per heavy atom. The molecule has 0 aliphatic heterocycles. The van der Waals surface area contributed by atoms with Crippen molar-refractivity contribution in [3.63, 3.8) is 0 Å². The third kappa shape index (κ3) is 2.75. The van der Waals surface area contributed by atoms with Crippen LogP contribution in [0.2, 0.25) is 0 Å². The summed E-state index contributed by atoms with van der Waals surface area (Å²) in [6.45, 7) is 2.55. The second kappa shape index (κ2) is 5.29. The van der Waals surface area contributed by atoms with Gasteiger partial charge in [-0.1, -0.05) is 0 Å². The van der Waals surface area contributed by atoms with Gasteiger partial charge in [0, 0.05) is 11.8 Å². The molecule has 1 aliphatic rings. The number of carboxylic acid groups (broad SMARTS) is 2. The minimum Gasteiger partial charge on any atom is -0.481 e. The first-order valence-corrected chi connectivity index (χ1v) is 5.72. The first-order chi connectivity index (χ1) is 8.25. The smallest absolute Gasteiger partial charge is 0.307 e. The van der Waals surface area contributed by atoms with Gasteiger partial charge in [-0.2, -0.15) is 0 Å². The van der Waals surface area contributed by atoms with E-state index in [0.29, 0.717) is 0 Å². The minimum absolute atomic E-state index is 0.0125. The molecule has 6 nitrogen and oxygen atoms in total. The van der Waals surface area contributed by atoms with Gasteiger partial charge in [-0.15, -0.1) is 0 Å². The zero-order chi connectivity index (χ0) is 14.0. The van der Waals surface area contributed by atoms with E-state index in [4.69, 9.17) is 10.2 Å². The zero-order valence-corrected chi connectivity index (χ0v) is 10.3. The third-order valence-corrected chi connectivity index (χ3v) is 3.67. The van der Waals surface area contributed by atoms with Crippen molar-refractivity contribution >= 4 is 23.5 Å². The van der Waals surface area contributed by atoms with Crippen molar-refractivity contribution < 1.29 is 29.4 Å². The molecule has 2 N–H and O–H groups in total. The van der Waals surface area contributed by atoms with Gasteiger partial charge in [0.25, 0.3) is 0 Å². The number of hydrogen-bond donors (Lipinski definition) is 2. The number of carbonyl (C=O) groups is 4. The van der Waals surface area contributed by atoms with Crippen LogP contribution >= 0.6 is 0 Å². The monoisotopic (exact) mass is 256 g/mol.